The first-order chi connectivity index (χ1) is 43.8. The summed E-state index contributed by atoms with van der Waals surface area (Å²) in [6, 6.07) is -6.26. The van der Waals surface area contributed by atoms with Crippen molar-refractivity contribution < 1.29 is 101 Å². The minimum absolute atomic E-state index is 0.0124. The molecule has 1 aromatic carbocycles. The van der Waals surface area contributed by atoms with E-state index in [1.165, 1.54) is 10.6 Å². The molecule has 92 heavy (non-hydrogen) atoms. The van der Waals surface area contributed by atoms with Crippen molar-refractivity contribution in [1.29, 1.82) is 0 Å². The van der Waals surface area contributed by atoms with Crippen molar-refractivity contribution >= 4 is 76.5 Å². The second-order valence-corrected chi connectivity index (χ2v) is 23.1. The molecule has 502 valence electrons. The third-order valence-electron chi connectivity index (χ3n) is 16.5. The highest BCUT2D eigenvalue weighted by Crippen LogP contribution is 2.46. The number of carboxylic acid groups (broad SMARTS) is 4. The van der Waals surface area contributed by atoms with Gasteiger partial charge in [0, 0.05) is 61.1 Å². The van der Waals surface area contributed by atoms with Gasteiger partial charge in [-0.05, 0) is 93.4 Å². The monoisotopic (exact) mass is 1290 g/mol. The van der Waals surface area contributed by atoms with Crippen molar-refractivity contribution in [1.82, 2.24) is 46.4 Å². The predicted molar refractivity (Wildman–Crippen MR) is 318 cm³/mol. The topological polar surface area (TPSA) is 451 Å². The maximum atomic E-state index is 15.3. The van der Waals surface area contributed by atoms with E-state index in [0.717, 1.165) is 21.4 Å². The van der Waals surface area contributed by atoms with Crippen LogP contribution in [-0.4, -0.2) is 190 Å². The van der Waals surface area contributed by atoms with E-state index in [-0.39, 0.29) is 109 Å². The second kappa shape index (κ2) is 31.9. The highest BCUT2D eigenvalue weighted by Gasteiger charge is 2.52. The van der Waals surface area contributed by atoms with Gasteiger partial charge in [-0.25, -0.2) is 38.1 Å². The summed E-state index contributed by atoms with van der Waals surface area (Å²) in [4.78, 5) is 160. The summed E-state index contributed by atoms with van der Waals surface area (Å²) < 4.78 is 44.9. The van der Waals surface area contributed by atoms with Crippen LogP contribution < -0.4 is 43.2 Å². The Morgan fingerprint density at radius 1 is 0.783 bits per heavy atom. The standard InChI is InChI=1S/C60H79FN10O21/c1-5-60(35-25-43-50-33(28-71(43)52(78)34(35)29-91-57(60)85)47-37(62)12-11-32-31(4)36(61)26-40(66-50)48(32)47)92-56(84)49(30(2)3)69-51(77)42-10-8-18-70(42)53(79)41(27-46(75)76)65-44(72)15-19-88-21-23-90-24-22-89-20-17-64-58(86)63-16-7-6-9-38(54(80)81)67-59(87)68-39(55(82)83)13-14-45(73)74/h25-26,30,37-39,41-42,49H,5-24,27-29,62H2,1-4H3,(H,65,72)(H,69,77)(H,73,74)(H,75,76)(H,80,81)(H,82,83)(H2,63,64,86)(H2,67,68,87)/t37-,38-,39-,41-,42-,49-,60-/m0/s1. The molecule has 0 spiro atoms. The number of carbonyl (C=O) groups excluding carboxylic acids is 7. The van der Waals surface area contributed by atoms with Gasteiger partial charge in [-0.2, -0.15) is 0 Å². The number of rotatable bonds is 34. The van der Waals surface area contributed by atoms with Gasteiger partial charge in [-0.3, -0.25) is 28.8 Å². The van der Waals surface area contributed by atoms with E-state index in [1.54, 1.807) is 33.8 Å². The number of nitrogens with zero attached hydrogens (tertiary/aromatic N) is 3. The highest BCUT2D eigenvalue weighted by atomic mass is 19.1. The summed E-state index contributed by atoms with van der Waals surface area (Å²) in [5.74, 6) is -11.0. The molecule has 0 radical (unpaired) electrons. The van der Waals surface area contributed by atoms with Gasteiger partial charge in [-0.15, -0.1) is 0 Å². The van der Waals surface area contributed by atoms with E-state index in [9.17, 15) is 72.9 Å². The Kier molecular flexibility index (Phi) is 24.5. The number of hydrogen-bond acceptors (Lipinski definition) is 19. The number of nitrogens with one attached hydrogen (secondary N) is 6. The van der Waals surface area contributed by atoms with Crippen LogP contribution in [0, 0.1) is 18.7 Å². The van der Waals surface area contributed by atoms with Crippen molar-refractivity contribution in [2.24, 2.45) is 11.7 Å². The van der Waals surface area contributed by atoms with Gasteiger partial charge < -0.3 is 91.2 Å². The van der Waals surface area contributed by atoms with E-state index in [4.69, 9.17) is 39.5 Å². The Balaban J connectivity index is 0.821. The molecule has 2 aromatic heterocycles. The van der Waals surface area contributed by atoms with Crippen molar-refractivity contribution in [3.63, 3.8) is 0 Å². The Bertz CT molecular complexity index is 3400. The third kappa shape index (κ3) is 17.0. The summed E-state index contributed by atoms with van der Waals surface area (Å²) in [5.41, 5.74) is 7.95. The number of likely N-dealkylation sites (tertiary alicyclic amines) is 1. The largest absolute Gasteiger partial charge is 0.481 e. The fourth-order valence-electron chi connectivity index (χ4n) is 11.7. The molecule has 0 unspecified atom stereocenters. The molecule has 12 N–H and O–H groups in total. The lowest BCUT2D eigenvalue weighted by Crippen LogP contribution is -2.57. The number of cyclic esters (lactones) is 1. The molecule has 4 aliphatic rings. The lowest BCUT2D eigenvalue weighted by atomic mass is 9.82. The zero-order valence-electron chi connectivity index (χ0n) is 51.5. The lowest BCUT2D eigenvalue weighted by molar-refractivity contribution is -0.191. The number of nitrogens with two attached hydrogens (primary N) is 1. The van der Waals surface area contributed by atoms with Crippen LogP contribution in [0.15, 0.2) is 16.9 Å². The number of fused-ring (bicyclic) bond motifs is 5. The molecule has 0 bridgehead atoms. The molecule has 1 fully saturated rings. The average molecular weight is 1300 g/mol. The maximum absolute atomic E-state index is 15.3. The van der Waals surface area contributed by atoms with Gasteiger partial charge in [0.2, 0.25) is 23.3 Å². The fraction of sp³-hybridized carbons (Fsp3) is 0.583. The molecule has 3 aliphatic heterocycles. The quantitative estimate of drug-likeness (QED) is 0.0230. The van der Waals surface area contributed by atoms with Crippen molar-refractivity contribution in [2.75, 3.05) is 59.3 Å². The zero-order valence-corrected chi connectivity index (χ0v) is 51.5. The second-order valence-electron chi connectivity index (χ2n) is 23.1. The number of carboxylic acids is 4. The van der Waals surface area contributed by atoms with Crippen LogP contribution in [0.1, 0.15) is 131 Å². The summed E-state index contributed by atoms with van der Waals surface area (Å²) in [6.45, 7) is 6.94. The molecule has 7 amide bonds. The number of ether oxygens (including phenoxy) is 5. The van der Waals surface area contributed by atoms with Crippen LogP contribution in [0.4, 0.5) is 14.0 Å². The molecular weight excluding hydrogens is 1220 g/mol. The number of carbonyl (C=O) groups is 11. The average Bonchev–Trinajstić information content (AvgIpc) is 1.47. The van der Waals surface area contributed by atoms with Crippen molar-refractivity contribution in [3.8, 4) is 11.4 Å². The predicted octanol–water partition coefficient (Wildman–Crippen LogP) is 1.10. The Hall–Kier alpha value is -8.88. The van der Waals surface area contributed by atoms with Crippen LogP contribution in [-0.2, 0) is 92.0 Å². The molecule has 32 heteroatoms. The van der Waals surface area contributed by atoms with E-state index >= 15 is 4.39 Å². The van der Waals surface area contributed by atoms with Crippen molar-refractivity contribution in [3.05, 3.63) is 61.7 Å². The number of aliphatic carboxylic acids is 4. The summed E-state index contributed by atoms with van der Waals surface area (Å²) in [5, 5.41) is 52.4. The molecule has 7 rings (SSSR count). The van der Waals surface area contributed by atoms with Crippen molar-refractivity contribution in [2.45, 2.75) is 160 Å². The number of hydrogen-bond donors (Lipinski definition) is 11. The number of aromatic nitrogens is 2. The number of unbranched alkanes of at least 4 members (excludes halogenated alkanes) is 1. The maximum Gasteiger partial charge on any atom is 0.355 e. The number of urea groups is 2. The molecule has 7 atom stereocenters. The molecule has 3 aromatic rings. The number of amides is 7. The molecular formula is C60H79FN10O21. The van der Waals surface area contributed by atoms with Crippen LogP contribution in [0.25, 0.3) is 22.3 Å². The van der Waals surface area contributed by atoms with Gasteiger partial charge in [0.1, 0.15) is 42.6 Å². The molecule has 31 nitrogen and oxygen atoms in total. The number of pyridine rings is 2. The minimum atomic E-state index is -2.17. The third-order valence-corrected chi connectivity index (χ3v) is 16.5. The summed E-state index contributed by atoms with van der Waals surface area (Å²) >= 11 is 0. The van der Waals surface area contributed by atoms with E-state index < -0.39 is 151 Å². The number of esters is 2. The summed E-state index contributed by atoms with van der Waals surface area (Å²) in [6.07, 6.45) is -0.163. The van der Waals surface area contributed by atoms with Crippen LogP contribution in [0.5, 0.6) is 0 Å². The first-order valence-electron chi connectivity index (χ1n) is 30.5. The highest BCUT2D eigenvalue weighted by molar-refractivity contribution is 5.97. The summed E-state index contributed by atoms with van der Waals surface area (Å²) in [7, 11) is 0. The van der Waals surface area contributed by atoms with E-state index in [2.05, 4.69) is 26.6 Å². The number of aryl methyl sites for hydroxylation is 1. The minimum Gasteiger partial charge on any atom is -0.481 e. The Morgan fingerprint density at radius 3 is 2.10 bits per heavy atom. The van der Waals surface area contributed by atoms with E-state index in [1.807, 2.05) is 5.32 Å². The van der Waals surface area contributed by atoms with Crippen LogP contribution in [0.2, 0.25) is 0 Å². The molecule has 1 saturated heterocycles. The molecule has 0 saturated carbocycles. The van der Waals surface area contributed by atoms with E-state index in [0.29, 0.717) is 53.7 Å². The first kappa shape index (κ1) is 70.6. The van der Waals surface area contributed by atoms with Crippen LogP contribution in [0.3, 0.4) is 0 Å². The van der Waals surface area contributed by atoms with Gasteiger partial charge in [0.25, 0.3) is 5.56 Å². The van der Waals surface area contributed by atoms with Gasteiger partial charge >= 0.3 is 47.9 Å². The number of benzene rings is 1. The molecule has 1 aliphatic carbocycles. The van der Waals surface area contributed by atoms with Gasteiger partial charge in [-0.1, -0.05) is 20.8 Å². The molecule has 5 heterocycles. The van der Waals surface area contributed by atoms with Gasteiger partial charge in [0.05, 0.1) is 75.1 Å². The lowest BCUT2D eigenvalue weighted by Gasteiger charge is -2.37. The normalized spacial score (nSPS) is 18.2. The SMILES string of the molecule is CC[C@@]1(OC(=O)[C@@H](NC(=O)[C@@H]2CCCN2C(=O)[C@H](CC(=O)O)NC(=O)CCOCCOCCOCCNC(=O)NCCCC[C@H](NC(=O)N[C@@H](CCC(=O)O)C(=O)O)C(=O)O)C(C)C)C(=O)OCc2c1cc1n(c2=O)Cc2c-1nc1cc(F)c(C)c3c1c2[C@@H](N)CC3. The van der Waals surface area contributed by atoms with Gasteiger partial charge in [0.15, 0.2) is 0 Å². The number of halogens is 1. The van der Waals surface area contributed by atoms with Crippen LogP contribution >= 0.6 is 0 Å². The smallest absolute Gasteiger partial charge is 0.355 e. The zero-order chi connectivity index (χ0) is 67.1. The Morgan fingerprint density at radius 2 is 1.45 bits per heavy atom. The Labute approximate surface area is 526 Å². The first-order valence-corrected chi connectivity index (χ1v) is 30.5. The fourth-order valence-corrected chi connectivity index (χ4v) is 11.7.